The van der Waals surface area contributed by atoms with Gasteiger partial charge < -0.3 is 9.13 Å². The van der Waals surface area contributed by atoms with Crippen molar-refractivity contribution in [3.05, 3.63) is 120 Å². The molecule has 7 rings (SSSR count). The molecule has 2 nitrogen and oxygen atoms in total. The number of benzene rings is 5. The lowest BCUT2D eigenvalue weighted by Crippen LogP contribution is -1.96. The Morgan fingerprint density at radius 1 is 0.304 bits per heavy atom. The summed E-state index contributed by atoms with van der Waals surface area (Å²) in [5.74, 6) is 0. The fourth-order valence-corrected chi connectivity index (χ4v) is 9.24. The molecule has 2 heterocycles. The van der Waals surface area contributed by atoms with Crippen molar-refractivity contribution < 1.29 is 0 Å². The minimum Gasteiger partial charge on any atom is -0.309 e. The zero-order valence-corrected chi connectivity index (χ0v) is 34.8. The first-order chi connectivity index (χ1) is 27.8. The zero-order valence-electron chi connectivity index (χ0n) is 34.8. The highest BCUT2D eigenvalue weighted by molar-refractivity contribution is 6.19. The van der Waals surface area contributed by atoms with Gasteiger partial charge >= 0.3 is 0 Å². The molecule has 2 heteroatoms. The predicted molar refractivity (Wildman–Crippen MR) is 246 cm³/mol. The number of unbranched alkanes of at least 4 members (excludes halogenated alkanes) is 18. The molecule has 56 heavy (non-hydrogen) atoms. The standard InChI is InChI=1S/C54H68N2/c1-3-5-7-9-11-13-15-17-19-21-27-43-33-37-45(38-34-43)55-51-31-25-23-29-47(51)49-42-54-50(41-53(49)55)48-30-24-26-32-52(48)56(54)46-39-35-44(36-40-46)28-22-20-18-16-14-12-10-8-6-4-2/h23-26,29-42H,3-22,27-28H2,1-2H3. The Balaban J connectivity index is 1.06. The van der Waals surface area contributed by atoms with Crippen LogP contribution < -0.4 is 0 Å². The van der Waals surface area contributed by atoms with Crippen LogP contribution in [0.15, 0.2) is 109 Å². The van der Waals surface area contributed by atoms with Crippen LogP contribution in [-0.2, 0) is 12.8 Å². The van der Waals surface area contributed by atoms with E-state index in [4.69, 9.17) is 0 Å². The molecule has 0 spiro atoms. The molecule has 0 saturated carbocycles. The number of fused-ring (bicyclic) bond motifs is 6. The summed E-state index contributed by atoms with van der Waals surface area (Å²) in [5, 5.41) is 5.23. The van der Waals surface area contributed by atoms with Gasteiger partial charge in [0.15, 0.2) is 0 Å². The van der Waals surface area contributed by atoms with Crippen molar-refractivity contribution in [3.8, 4) is 11.4 Å². The lowest BCUT2D eigenvalue weighted by Gasteiger charge is -2.11. The van der Waals surface area contributed by atoms with Crippen LogP contribution in [0.2, 0.25) is 0 Å². The van der Waals surface area contributed by atoms with Gasteiger partial charge in [0.05, 0.1) is 22.1 Å². The monoisotopic (exact) mass is 745 g/mol. The Morgan fingerprint density at radius 2 is 0.625 bits per heavy atom. The molecule has 0 bridgehead atoms. The second-order valence-electron chi connectivity index (χ2n) is 16.8. The Labute approximate surface area is 338 Å². The number of nitrogens with zero attached hydrogens (tertiary/aromatic N) is 2. The van der Waals surface area contributed by atoms with Gasteiger partial charge in [-0.1, -0.05) is 190 Å². The summed E-state index contributed by atoms with van der Waals surface area (Å²) >= 11 is 0. The topological polar surface area (TPSA) is 9.86 Å². The smallest absolute Gasteiger partial charge is 0.0548 e. The lowest BCUT2D eigenvalue weighted by molar-refractivity contribution is 0.556. The zero-order chi connectivity index (χ0) is 38.4. The maximum atomic E-state index is 2.49. The molecule has 0 aliphatic carbocycles. The molecule has 0 amide bonds. The van der Waals surface area contributed by atoms with Gasteiger partial charge in [0.2, 0.25) is 0 Å². The number of aromatic nitrogens is 2. The molecule has 0 atom stereocenters. The third-order valence-corrected chi connectivity index (χ3v) is 12.5. The van der Waals surface area contributed by atoms with Crippen LogP contribution in [0.5, 0.6) is 0 Å². The molecule has 2 aromatic heterocycles. The van der Waals surface area contributed by atoms with Gasteiger partial charge in [0, 0.05) is 32.9 Å². The van der Waals surface area contributed by atoms with Crippen LogP contribution in [0.4, 0.5) is 0 Å². The highest BCUT2D eigenvalue weighted by atomic mass is 15.0. The summed E-state index contributed by atoms with van der Waals surface area (Å²) in [6.45, 7) is 4.60. The van der Waals surface area contributed by atoms with E-state index in [-0.39, 0.29) is 0 Å². The summed E-state index contributed by atoms with van der Waals surface area (Å²) in [5.41, 5.74) is 10.5. The van der Waals surface area contributed by atoms with E-state index < -0.39 is 0 Å². The van der Waals surface area contributed by atoms with Gasteiger partial charge in [-0.2, -0.15) is 0 Å². The first-order valence-electron chi connectivity index (χ1n) is 22.9. The maximum Gasteiger partial charge on any atom is 0.0548 e. The number of rotatable bonds is 24. The SMILES string of the molecule is CCCCCCCCCCCCc1ccc(-n2c3ccccc3c3cc4c(cc32)c2ccccc2n4-c2ccc(CCCCCCCCCCCC)cc2)cc1. The van der Waals surface area contributed by atoms with Crippen LogP contribution in [0.1, 0.15) is 153 Å². The molecule has 0 aliphatic rings. The van der Waals surface area contributed by atoms with E-state index in [1.54, 1.807) is 0 Å². The van der Waals surface area contributed by atoms with Crippen LogP contribution >= 0.6 is 0 Å². The Bertz CT molecular complexity index is 2070. The molecule has 0 saturated heterocycles. The van der Waals surface area contributed by atoms with Gasteiger partial charge in [-0.25, -0.2) is 0 Å². The number of hydrogen-bond acceptors (Lipinski definition) is 0. The summed E-state index contributed by atoms with van der Waals surface area (Å²) in [4.78, 5) is 0. The van der Waals surface area contributed by atoms with E-state index in [2.05, 4.69) is 132 Å². The van der Waals surface area contributed by atoms with Gasteiger partial charge in [0.1, 0.15) is 0 Å². The van der Waals surface area contributed by atoms with Crippen molar-refractivity contribution in [2.24, 2.45) is 0 Å². The highest BCUT2D eigenvalue weighted by Gasteiger charge is 2.18. The van der Waals surface area contributed by atoms with Crippen LogP contribution in [0.25, 0.3) is 55.0 Å². The van der Waals surface area contributed by atoms with E-state index in [0.717, 1.165) is 0 Å². The second kappa shape index (κ2) is 20.7. The van der Waals surface area contributed by atoms with Gasteiger partial charge in [-0.15, -0.1) is 0 Å². The van der Waals surface area contributed by atoms with Crippen molar-refractivity contribution in [2.45, 2.75) is 155 Å². The normalized spacial score (nSPS) is 11.9. The summed E-state index contributed by atoms with van der Waals surface area (Å²) in [7, 11) is 0. The molecule has 5 aromatic carbocycles. The van der Waals surface area contributed by atoms with Crippen molar-refractivity contribution in [1.82, 2.24) is 9.13 Å². The van der Waals surface area contributed by atoms with E-state index in [1.165, 1.54) is 207 Å². The minimum absolute atomic E-state index is 1.17. The van der Waals surface area contributed by atoms with E-state index in [0.29, 0.717) is 0 Å². The molecule has 7 aromatic rings. The molecular formula is C54H68N2. The quantitative estimate of drug-likeness (QED) is 0.0545. The van der Waals surface area contributed by atoms with Gasteiger partial charge in [0.25, 0.3) is 0 Å². The summed E-state index contributed by atoms with van der Waals surface area (Å²) in [6.07, 6.45) is 30.0. The average Bonchev–Trinajstić information content (AvgIpc) is 3.74. The Kier molecular flexibility index (Phi) is 14.8. The largest absolute Gasteiger partial charge is 0.309 e. The van der Waals surface area contributed by atoms with Crippen molar-refractivity contribution in [1.29, 1.82) is 0 Å². The number of hydrogen-bond donors (Lipinski definition) is 0. The third kappa shape index (κ3) is 9.79. The van der Waals surface area contributed by atoms with Crippen LogP contribution in [0.3, 0.4) is 0 Å². The first-order valence-corrected chi connectivity index (χ1v) is 22.9. The average molecular weight is 745 g/mol. The second-order valence-corrected chi connectivity index (χ2v) is 16.8. The van der Waals surface area contributed by atoms with E-state index >= 15 is 0 Å². The molecule has 0 radical (unpaired) electrons. The Morgan fingerprint density at radius 3 is 0.982 bits per heavy atom. The molecule has 294 valence electrons. The first kappa shape index (κ1) is 39.9. The van der Waals surface area contributed by atoms with Crippen LogP contribution in [0, 0.1) is 0 Å². The van der Waals surface area contributed by atoms with Crippen molar-refractivity contribution in [2.75, 3.05) is 0 Å². The van der Waals surface area contributed by atoms with Gasteiger partial charge in [-0.05, 0) is 85.3 Å². The summed E-state index contributed by atoms with van der Waals surface area (Å²) < 4.78 is 4.98. The molecule has 0 aliphatic heterocycles. The van der Waals surface area contributed by atoms with Crippen molar-refractivity contribution >= 4 is 43.6 Å². The molecule has 0 unspecified atom stereocenters. The van der Waals surface area contributed by atoms with E-state index in [1.807, 2.05) is 0 Å². The van der Waals surface area contributed by atoms with E-state index in [9.17, 15) is 0 Å². The third-order valence-electron chi connectivity index (χ3n) is 12.5. The van der Waals surface area contributed by atoms with Crippen LogP contribution in [-0.4, -0.2) is 9.13 Å². The number of para-hydroxylation sites is 2. The minimum atomic E-state index is 1.17. The Hall–Kier alpha value is -4.30. The molecule has 0 N–H and O–H groups in total. The fraction of sp³-hybridized carbons (Fsp3) is 0.444. The summed E-state index contributed by atoms with van der Waals surface area (Å²) in [6, 6.07) is 41.7. The predicted octanol–water partition coefficient (Wildman–Crippen LogP) is 16.8. The molecular weight excluding hydrogens is 677 g/mol. The highest BCUT2D eigenvalue weighted by Crippen LogP contribution is 2.39. The molecule has 0 fully saturated rings. The van der Waals surface area contributed by atoms with Gasteiger partial charge in [-0.3, -0.25) is 0 Å². The van der Waals surface area contributed by atoms with Crippen molar-refractivity contribution in [3.63, 3.8) is 0 Å². The fourth-order valence-electron chi connectivity index (χ4n) is 9.24. The maximum absolute atomic E-state index is 2.49. The number of aryl methyl sites for hydroxylation is 2. The lowest BCUT2D eigenvalue weighted by atomic mass is 10.0.